The van der Waals surface area contributed by atoms with Crippen molar-refractivity contribution in [3.8, 4) is 5.75 Å². The number of rotatable bonds is 3. The molecule has 2 rings (SSSR count). The molecular formula is C12H10N2O4S. The van der Waals surface area contributed by atoms with Gasteiger partial charge in [-0.3, -0.25) is 4.98 Å². The topological polar surface area (TPSA) is 111 Å². The molecule has 0 spiro atoms. The van der Waals surface area contributed by atoms with Crippen LogP contribution in [0.1, 0.15) is 10.4 Å². The summed E-state index contributed by atoms with van der Waals surface area (Å²) in [6.07, 6.45) is 2.48. The van der Waals surface area contributed by atoms with E-state index in [1.807, 2.05) is 0 Å². The molecule has 98 valence electrons. The maximum Gasteiger partial charge on any atom is 0.335 e. The van der Waals surface area contributed by atoms with E-state index in [0.29, 0.717) is 0 Å². The molecule has 0 aliphatic heterocycles. The molecule has 1 unspecified atom stereocenters. The zero-order chi connectivity index (χ0) is 14.0. The molecule has 6 nitrogen and oxygen atoms in total. The van der Waals surface area contributed by atoms with Crippen LogP contribution in [-0.2, 0) is 9.73 Å². The van der Waals surface area contributed by atoms with Crippen molar-refractivity contribution in [3.05, 3.63) is 48.3 Å². The number of aromatic carboxylic acids is 1. The van der Waals surface area contributed by atoms with Crippen molar-refractivity contribution in [3.63, 3.8) is 0 Å². The van der Waals surface area contributed by atoms with Crippen LogP contribution >= 0.6 is 0 Å². The van der Waals surface area contributed by atoms with E-state index in [-0.39, 0.29) is 21.1 Å². The number of carboxylic acid groups (broad SMARTS) is 1. The van der Waals surface area contributed by atoms with Gasteiger partial charge in [0, 0.05) is 12.4 Å². The van der Waals surface area contributed by atoms with Crippen LogP contribution in [0, 0.1) is 4.78 Å². The van der Waals surface area contributed by atoms with E-state index < -0.39 is 15.7 Å². The molecule has 0 amide bonds. The first kappa shape index (κ1) is 13.0. The maximum absolute atomic E-state index is 12.4. The van der Waals surface area contributed by atoms with Crippen LogP contribution in [0.4, 0.5) is 0 Å². The van der Waals surface area contributed by atoms with E-state index in [1.165, 1.54) is 36.5 Å². The predicted octanol–water partition coefficient (Wildman–Crippen LogP) is 1.95. The van der Waals surface area contributed by atoms with Crippen LogP contribution in [0.2, 0.25) is 0 Å². The fraction of sp³-hybridized carbons (Fsp3) is 0. The summed E-state index contributed by atoms with van der Waals surface area (Å²) in [7, 11) is -3.42. The van der Waals surface area contributed by atoms with Gasteiger partial charge in [0.2, 0.25) is 0 Å². The van der Waals surface area contributed by atoms with E-state index in [2.05, 4.69) is 4.98 Å². The van der Waals surface area contributed by atoms with E-state index in [0.717, 1.165) is 6.20 Å². The molecule has 19 heavy (non-hydrogen) atoms. The van der Waals surface area contributed by atoms with Crippen LogP contribution in [-0.4, -0.2) is 25.4 Å². The van der Waals surface area contributed by atoms with Crippen molar-refractivity contribution in [1.29, 1.82) is 4.78 Å². The van der Waals surface area contributed by atoms with Crippen molar-refractivity contribution in [2.45, 2.75) is 9.79 Å². The largest absolute Gasteiger partial charge is 0.507 e. The molecule has 0 aliphatic carbocycles. The minimum Gasteiger partial charge on any atom is -0.507 e. The Morgan fingerprint density at radius 3 is 2.37 bits per heavy atom. The quantitative estimate of drug-likeness (QED) is 0.794. The Morgan fingerprint density at radius 2 is 1.84 bits per heavy atom. The van der Waals surface area contributed by atoms with E-state index in [4.69, 9.17) is 9.89 Å². The third-order valence-electron chi connectivity index (χ3n) is 2.51. The number of benzene rings is 1. The summed E-state index contributed by atoms with van der Waals surface area (Å²) in [4.78, 5) is 14.5. The van der Waals surface area contributed by atoms with Crippen molar-refractivity contribution < 1.29 is 19.2 Å². The van der Waals surface area contributed by atoms with E-state index in [9.17, 15) is 14.1 Å². The zero-order valence-corrected chi connectivity index (χ0v) is 10.4. The lowest BCUT2D eigenvalue weighted by Crippen LogP contribution is -2.02. The van der Waals surface area contributed by atoms with Crippen molar-refractivity contribution in [2.24, 2.45) is 0 Å². The molecule has 0 saturated carbocycles. The van der Waals surface area contributed by atoms with Crippen LogP contribution in [0.5, 0.6) is 5.75 Å². The van der Waals surface area contributed by atoms with Crippen molar-refractivity contribution in [2.75, 3.05) is 0 Å². The Hall–Kier alpha value is -2.41. The highest BCUT2D eigenvalue weighted by atomic mass is 32.2. The van der Waals surface area contributed by atoms with Gasteiger partial charge in [0.1, 0.15) is 20.4 Å². The molecule has 0 saturated heterocycles. The average Bonchev–Trinajstić information content (AvgIpc) is 2.39. The summed E-state index contributed by atoms with van der Waals surface area (Å²) in [6.45, 7) is 0. The zero-order valence-electron chi connectivity index (χ0n) is 9.61. The minimum atomic E-state index is -3.42. The monoisotopic (exact) mass is 278 g/mol. The Labute approximate surface area is 109 Å². The second-order valence-electron chi connectivity index (χ2n) is 3.73. The number of hydrogen-bond acceptors (Lipinski definition) is 5. The first-order chi connectivity index (χ1) is 8.93. The molecule has 0 bridgehead atoms. The van der Waals surface area contributed by atoms with Gasteiger partial charge in [0.05, 0.1) is 10.5 Å². The fourth-order valence-corrected chi connectivity index (χ4v) is 2.86. The first-order valence-electron chi connectivity index (χ1n) is 5.18. The predicted molar refractivity (Wildman–Crippen MR) is 66.7 cm³/mol. The lowest BCUT2D eigenvalue weighted by atomic mass is 10.2. The number of nitrogens with one attached hydrogen (secondary N) is 1. The number of carbonyl (C=O) groups is 1. The standard InChI is InChI=1S/C12H10N2O4S/c13-19(18,11-7-14-6-5-10(11)15)9-3-1-8(2-4-9)12(16)17/h1-7,13H,(H,14,15)(H,16,17). The highest BCUT2D eigenvalue weighted by Crippen LogP contribution is 2.28. The van der Waals surface area contributed by atoms with Gasteiger partial charge in [-0.2, -0.15) is 0 Å². The number of hydrogen-bond donors (Lipinski definition) is 3. The lowest BCUT2D eigenvalue weighted by Gasteiger charge is -2.09. The third kappa shape index (κ3) is 2.41. The summed E-state index contributed by atoms with van der Waals surface area (Å²) in [5, 5.41) is 18.4. The Morgan fingerprint density at radius 1 is 1.21 bits per heavy atom. The van der Waals surface area contributed by atoms with Crippen LogP contribution in [0.25, 0.3) is 0 Å². The molecule has 7 heteroatoms. The molecule has 1 heterocycles. The van der Waals surface area contributed by atoms with Gasteiger partial charge in [0.25, 0.3) is 0 Å². The van der Waals surface area contributed by atoms with Gasteiger partial charge in [-0.25, -0.2) is 13.8 Å². The molecule has 0 radical (unpaired) electrons. The highest BCUT2D eigenvalue weighted by molar-refractivity contribution is 7.92. The van der Waals surface area contributed by atoms with Gasteiger partial charge in [0.15, 0.2) is 0 Å². The Bertz CT molecular complexity index is 724. The fourth-order valence-electron chi connectivity index (χ4n) is 1.51. The van der Waals surface area contributed by atoms with Crippen molar-refractivity contribution in [1.82, 2.24) is 4.98 Å². The molecule has 1 aromatic carbocycles. The number of aromatic nitrogens is 1. The van der Waals surface area contributed by atoms with E-state index >= 15 is 0 Å². The number of pyridine rings is 1. The second kappa shape index (κ2) is 4.69. The highest BCUT2D eigenvalue weighted by Gasteiger charge is 2.18. The van der Waals surface area contributed by atoms with Crippen LogP contribution in [0.15, 0.2) is 52.5 Å². The molecule has 0 aliphatic rings. The molecule has 0 fully saturated rings. The summed E-state index contributed by atoms with van der Waals surface area (Å²) in [5.74, 6) is -1.38. The Balaban J connectivity index is 2.52. The SMILES string of the molecule is N=S(=O)(c1ccc(C(=O)O)cc1)c1cnccc1O. The van der Waals surface area contributed by atoms with Gasteiger partial charge in [-0.15, -0.1) is 0 Å². The van der Waals surface area contributed by atoms with Gasteiger partial charge >= 0.3 is 5.97 Å². The van der Waals surface area contributed by atoms with Crippen LogP contribution < -0.4 is 0 Å². The molecule has 2 aromatic rings. The second-order valence-corrected chi connectivity index (χ2v) is 5.75. The number of carboxylic acids is 1. The normalized spacial score (nSPS) is 13.7. The van der Waals surface area contributed by atoms with Gasteiger partial charge in [-0.1, -0.05) is 0 Å². The maximum atomic E-state index is 12.4. The Kier molecular flexibility index (Phi) is 3.22. The van der Waals surface area contributed by atoms with Gasteiger partial charge in [-0.05, 0) is 30.3 Å². The number of nitrogens with zero attached hydrogens (tertiary/aromatic N) is 1. The summed E-state index contributed by atoms with van der Waals surface area (Å²) in [6, 6.07) is 6.37. The van der Waals surface area contributed by atoms with Crippen molar-refractivity contribution >= 4 is 15.7 Å². The molecule has 1 atom stereocenters. The first-order valence-corrected chi connectivity index (χ1v) is 6.74. The average molecular weight is 278 g/mol. The summed E-state index contributed by atoms with van der Waals surface area (Å²) >= 11 is 0. The molecular weight excluding hydrogens is 268 g/mol. The third-order valence-corrected chi connectivity index (χ3v) is 4.38. The molecule has 1 aromatic heterocycles. The van der Waals surface area contributed by atoms with Gasteiger partial charge < -0.3 is 10.2 Å². The summed E-state index contributed by atoms with van der Waals surface area (Å²) < 4.78 is 20.3. The number of aromatic hydroxyl groups is 1. The summed E-state index contributed by atoms with van der Waals surface area (Å²) in [5.41, 5.74) is 0.0364. The van der Waals surface area contributed by atoms with Crippen LogP contribution in [0.3, 0.4) is 0 Å². The smallest absolute Gasteiger partial charge is 0.335 e. The van der Waals surface area contributed by atoms with E-state index in [1.54, 1.807) is 0 Å². The lowest BCUT2D eigenvalue weighted by molar-refractivity contribution is 0.0697. The molecule has 3 N–H and O–H groups in total. The minimum absolute atomic E-state index is 0.0364.